The second kappa shape index (κ2) is 8.04. The van der Waals surface area contributed by atoms with Crippen molar-refractivity contribution in [1.82, 2.24) is 19.8 Å². The van der Waals surface area contributed by atoms with Crippen molar-refractivity contribution in [2.75, 3.05) is 19.6 Å². The van der Waals surface area contributed by atoms with Crippen LogP contribution in [-0.4, -0.2) is 40.0 Å². The highest BCUT2D eigenvalue weighted by Crippen LogP contribution is 2.09. The van der Waals surface area contributed by atoms with Gasteiger partial charge in [-0.2, -0.15) is 0 Å². The van der Waals surface area contributed by atoms with Crippen LogP contribution in [-0.2, 0) is 17.9 Å². The highest BCUT2D eigenvalue weighted by molar-refractivity contribution is 5.76. The predicted molar refractivity (Wildman–Crippen MR) is 79.3 cm³/mol. The molecular formula is C15H26N4O. The van der Waals surface area contributed by atoms with Crippen molar-refractivity contribution in [1.29, 1.82) is 0 Å². The molecule has 1 amide bonds. The summed E-state index contributed by atoms with van der Waals surface area (Å²) >= 11 is 0. The lowest BCUT2D eigenvalue weighted by molar-refractivity contribution is -0.131. The normalized spacial score (nSPS) is 15.6. The highest BCUT2D eigenvalue weighted by Gasteiger charge is 2.15. The van der Waals surface area contributed by atoms with E-state index in [0.717, 1.165) is 52.0 Å². The molecule has 20 heavy (non-hydrogen) atoms. The second-order valence-corrected chi connectivity index (χ2v) is 5.45. The maximum atomic E-state index is 12.0. The minimum Gasteiger partial charge on any atom is -0.343 e. The van der Waals surface area contributed by atoms with Crippen LogP contribution in [0.2, 0.25) is 0 Å². The SMILES string of the molecule is CCCn1cncc1CNCCC(=O)N1CCCCC1. The third-order valence-corrected chi connectivity index (χ3v) is 3.79. The average molecular weight is 278 g/mol. The first-order valence-electron chi connectivity index (χ1n) is 7.78. The monoisotopic (exact) mass is 278 g/mol. The van der Waals surface area contributed by atoms with E-state index >= 15 is 0 Å². The molecule has 2 rings (SSSR count). The molecule has 0 spiro atoms. The van der Waals surface area contributed by atoms with Gasteiger partial charge < -0.3 is 14.8 Å². The quantitative estimate of drug-likeness (QED) is 0.774. The van der Waals surface area contributed by atoms with E-state index in [1.165, 1.54) is 12.1 Å². The number of aromatic nitrogens is 2. The van der Waals surface area contributed by atoms with Gasteiger partial charge in [0.05, 0.1) is 12.0 Å². The molecule has 1 aromatic heterocycles. The Labute approximate surface area is 121 Å². The molecule has 0 bridgehead atoms. The van der Waals surface area contributed by atoms with Gasteiger partial charge in [-0.05, 0) is 25.7 Å². The summed E-state index contributed by atoms with van der Waals surface area (Å²) in [6, 6.07) is 0. The number of nitrogens with zero attached hydrogens (tertiary/aromatic N) is 3. The lowest BCUT2D eigenvalue weighted by atomic mass is 10.1. The highest BCUT2D eigenvalue weighted by atomic mass is 16.2. The van der Waals surface area contributed by atoms with Gasteiger partial charge in [-0.3, -0.25) is 4.79 Å². The van der Waals surface area contributed by atoms with Gasteiger partial charge in [0.15, 0.2) is 0 Å². The Morgan fingerprint density at radius 1 is 1.35 bits per heavy atom. The van der Waals surface area contributed by atoms with Crippen molar-refractivity contribution in [3.63, 3.8) is 0 Å². The van der Waals surface area contributed by atoms with Gasteiger partial charge in [-0.15, -0.1) is 0 Å². The molecule has 1 saturated heterocycles. The number of carbonyl (C=O) groups excluding carboxylic acids is 1. The van der Waals surface area contributed by atoms with Gasteiger partial charge in [0.25, 0.3) is 0 Å². The third kappa shape index (κ3) is 4.34. The lowest BCUT2D eigenvalue weighted by Gasteiger charge is -2.26. The van der Waals surface area contributed by atoms with Crippen LogP contribution in [0, 0.1) is 0 Å². The Morgan fingerprint density at radius 2 is 2.15 bits per heavy atom. The van der Waals surface area contributed by atoms with E-state index in [4.69, 9.17) is 0 Å². The maximum Gasteiger partial charge on any atom is 0.223 e. The Hall–Kier alpha value is -1.36. The van der Waals surface area contributed by atoms with E-state index in [1.54, 1.807) is 0 Å². The minimum absolute atomic E-state index is 0.291. The third-order valence-electron chi connectivity index (χ3n) is 3.79. The zero-order chi connectivity index (χ0) is 14.2. The van der Waals surface area contributed by atoms with Crippen LogP contribution in [0.5, 0.6) is 0 Å². The molecule has 112 valence electrons. The Kier molecular flexibility index (Phi) is 6.05. The van der Waals surface area contributed by atoms with Crippen molar-refractivity contribution >= 4 is 5.91 Å². The van der Waals surface area contributed by atoms with Gasteiger partial charge in [0, 0.05) is 45.3 Å². The molecule has 5 nitrogen and oxygen atoms in total. The lowest BCUT2D eigenvalue weighted by Crippen LogP contribution is -2.37. The van der Waals surface area contributed by atoms with E-state index < -0.39 is 0 Å². The van der Waals surface area contributed by atoms with Crippen LogP contribution < -0.4 is 5.32 Å². The number of piperidine rings is 1. The van der Waals surface area contributed by atoms with Crippen molar-refractivity contribution < 1.29 is 4.79 Å². The zero-order valence-corrected chi connectivity index (χ0v) is 12.5. The summed E-state index contributed by atoms with van der Waals surface area (Å²) in [5.41, 5.74) is 1.19. The number of amides is 1. The Morgan fingerprint density at radius 3 is 2.90 bits per heavy atom. The first-order valence-corrected chi connectivity index (χ1v) is 7.78. The summed E-state index contributed by atoms with van der Waals surface area (Å²) in [6.45, 7) is 6.59. The first-order chi connectivity index (χ1) is 9.81. The molecular weight excluding hydrogens is 252 g/mol. The Bertz CT molecular complexity index is 410. The van der Waals surface area contributed by atoms with E-state index in [9.17, 15) is 4.79 Å². The fourth-order valence-corrected chi connectivity index (χ4v) is 2.65. The molecule has 0 saturated carbocycles. The molecule has 0 aromatic carbocycles. The summed E-state index contributed by atoms with van der Waals surface area (Å²) in [5.74, 6) is 0.291. The van der Waals surface area contributed by atoms with Crippen molar-refractivity contribution in [3.05, 3.63) is 18.2 Å². The molecule has 1 aromatic rings. The largest absolute Gasteiger partial charge is 0.343 e. The van der Waals surface area contributed by atoms with Gasteiger partial charge in [0.1, 0.15) is 0 Å². The van der Waals surface area contributed by atoms with Crippen LogP contribution in [0.3, 0.4) is 0 Å². The van der Waals surface area contributed by atoms with Gasteiger partial charge >= 0.3 is 0 Å². The summed E-state index contributed by atoms with van der Waals surface area (Å²) in [6.07, 6.45) is 9.07. The summed E-state index contributed by atoms with van der Waals surface area (Å²) in [5, 5.41) is 3.35. The predicted octanol–water partition coefficient (Wildman–Crippen LogP) is 1.79. The van der Waals surface area contributed by atoms with E-state index in [1.807, 2.05) is 17.4 Å². The number of rotatable bonds is 7. The molecule has 0 aliphatic carbocycles. The number of hydrogen-bond acceptors (Lipinski definition) is 3. The molecule has 2 heterocycles. The number of imidazole rings is 1. The number of likely N-dealkylation sites (tertiary alicyclic amines) is 1. The smallest absolute Gasteiger partial charge is 0.223 e. The van der Waals surface area contributed by atoms with Crippen LogP contribution >= 0.6 is 0 Å². The fraction of sp³-hybridized carbons (Fsp3) is 0.733. The standard InChI is InChI=1S/C15H26N4O/c1-2-8-19-13-17-12-14(19)11-16-7-6-15(20)18-9-4-3-5-10-18/h12-13,16H,2-11H2,1H3. The van der Waals surface area contributed by atoms with Crippen LogP contribution in [0.1, 0.15) is 44.7 Å². The Balaban J connectivity index is 1.65. The molecule has 0 atom stereocenters. The van der Waals surface area contributed by atoms with E-state index in [2.05, 4.69) is 21.8 Å². The molecule has 1 N–H and O–H groups in total. The topological polar surface area (TPSA) is 50.2 Å². The number of carbonyl (C=O) groups is 1. The summed E-state index contributed by atoms with van der Waals surface area (Å²) < 4.78 is 2.17. The first kappa shape index (κ1) is 15.0. The van der Waals surface area contributed by atoms with Crippen molar-refractivity contribution in [2.45, 2.75) is 52.1 Å². The number of aryl methyl sites for hydroxylation is 1. The second-order valence-electron chi connectivity index (χ2n) is 5.45. The van der Waals surface area contributed by atoms with Crippen LogP contribution in [0.25, 0.3) is 0 Å². The molecule has 1 fully saturated rings. The van der Waals surface area contributed by atoms with Gasteiger partial charge in [-0.25, -0.2) is 4.98 Å². The maximum absolute atomic E-state index is 12.0. The fourth-order valence-electron chi connectivity index (χ4n) is 2.65. The van der Waals surface area contributed by atoms with Crippen LogP contribution in [0.4, 0.5) is 0 Å². The van der Waals surface area contributed by atoms with Gasteiger partial charge in [0.2, 0.25) is 5.91 Å². The molecule has 1 aliphatic rings. The van der Waals surface area contributed by atoms with Crippen molar-refractivity contribution in [3.8, 4) is 0 Å². The minimum atomic E-state index is 0.291. The molecule has 0 radical (unpaired) electrons. The molecule has 5 heteroatoms. The van der Waals surface area contributed by atoms with E-state index in [0.29, 0.717) is 12.3 Å². The van der Waals surface area contributed by atoms with E-state index in [-0.39, 0.29) is 0 Å². The number of nitrogens with one attached hydrogen (secondary N) is 1. The molecule has 0 unspecified atom stereocenters. The zero-order valence-electron chi connectivity index (χ0n) is 12.5. The van der Waals surface area contributed by atoms with Crippen molar-refractivity contribution in [2.24, 2.45) is 0 Å². The van der Waals surface area contributed by atoms with Crippen LogP contribution in [0.15, 0.2) is 12.5 Å². The molecule has 1 aliphatic heterocycles. The number of hydrogen-bond donors (Lipinski definition) is 1. The summed E-state index contributed by atoms with van der Waals surface area (Å²) in [7, 11) is 0. The average Bonchev–Trinajstić information content (AvgIpc) is 2.92. The summed E-state index contributed by atoms with van der Waals surface area (Å²) in [4.78, 5) is 18.2. The van der Waals surface area contributed by atoms with Gasteiger partial charge in [-0.1, -0.05) is 6.92 Å².